The second kappa shape index (κ2) is 10.0. The summed E-state index contributed by atoms with van der Waals surface area (Å²) in [5.74, 6) is -2.97. The number of benzene rings is 3. The predicted molar refractivity (Wildman–Crippen MR) is 141 cm³/mol. The first-order valence-electron chi connectivity index (χ1n) is 12.1. The number of carbonyl (C=O) groups is 2. The highest BCUT2D eigenvalue weighted by Gasteiger charge is 2.34. The molecule has 5 rings (SSSR count). The third kappa shape index (κ3) is 4.83. The highest BCUT2D eigenvalue weighted by Crippen LogP contribution is 2.36. The minimum absolute atomic E-state index is 0.0898. The third-order valence-electron chi connectivity index (χ3n) is 6.47. The predicted octanol–water partition coefficient (Wildman–Crippen LogP) is 4.12. The van der Waals surface area contributed by atoms with Gasteiger partial charge < -0.3 is 15.6 Å². The van der Waals surface area contributed by atoms with Gasteiger partial charge in [0, 0.05) is 19.2 Å². The summed E-state index contributed by atoms with van der Waals surface area (Å²) in [4.78, 5) is 41.5. The molecule has 10 nitrogen and oxygen atoms in total. The summed E-state index contributed by atoms with van der Waals surface area (Å²) in [5, 5.41) is 6.16. The molecule has 0 unspecified atom stereocenters. The van der Waals surface area contributed by atoms with E-state index >= 15 is 0 Å². The molecule has 0 saturated carbocycles. The SMILES string of the molecule is CCn1c(-c2ccc(-n3cnn(C)c3=O)cc2)nc2cc(C(F)(F)F)cc(C(=O)Nc3cccc(C(N)=O)c3F)c21. The molecular weight excluding hydrogens is 546 g/mol. The normalized spacial score (nSPS) is 11.7. The molecular formula is C27H21F4N7O3. The van der Waals surface area contributed by atoms with Gasteiger partial charge in [0.05, 0.1) is 39.1 Å². The molecule has 0 aliphatic carbocycles. The van der Waals surface area contributed by atoms with Crippen molar-refractivity contribution in [2.45, 2.75) is 19.6 Å². The number of fused-ring (bicyclic) bond motifs is 1. The largest absolute Gasteiger partial charge is 0.416 e. The number of primary amides is 1. The molecule has 41 heavy (non-hydrogen) atoms. The lowest BCUT2D eigenvalue weighted by Crippen LogP contribution is -2.21. The number of alkyl halides is 3. The number of rotatable bonds is 6. The Bertz CT molecular complexity index is 1890. The monoisotopic (exact) mass is 567 g/mol. The van der Waals surface area contributed by atoms with Crippen molar-refractivity contribution in [1.29, 1.82) is 0 Å². The summed E-state index contributed by atoms with van der Waals surface area (Å²) in [7, 11) is 1.50. The first-order valence-corrected chi connectivity index (χ1v) is 12.1. The van der Waals surface area contributed by atoms with Crippen LogP contribution in [0.25, 0.3) is 28.1 Å². The zero-order valence-electron chi connectivity index (χ0n) is 21.5. The smallest absolute Gasteiger partial charge is 0.366 e. The van der Waals surface area contributed by atoms with Gasteiger partial charge in [0.2, 0.25) is 0 Å². The second-order valence-electron chi connectivity index (χ2n) is 9.01. The van der Waals surface area contributed by atoms with Gasteiger partial charge in [-0.1, -0.05) is 6.07 Å². The number of halogens is 4. The van der Waals surface area contributed by atoms with Crippen molar-refractivity contribution in [3.63, 3.8) is 0 Å². The van der Waals surface area contributed by atoms with Gasteiger partial charge in [-0.25, -0.2) is 23.4 Å². The van der Waals surface area contributed by atoms with Gasteiger partial charge in [-0.05, 0) is 55.5 Å². The number of hydrogen-bond donors (Lipinski definition) is 2. The molecule has 3 N–H and O–H groups in total. The summed E-state index contributed by atoms with van der Waals surface area (Å²) in [5.41, 5.74) is 3.33. The summed E-state index contributed by atoms with van der Waals surface area (Å²) in [6.07, 6.45) is -3.46. The van der Waals surface area contributed by atoms with Crippen molar-refractivity contribution >= 4 is 28.5 Å². The lowest BCUT2D eigenvalue weighted by atomic mass is 10.1. The molecule has 0 radical (unpaired) electrons. The number of anilines is 1. The van der Waals surface area contributed by atoms with Gasteiger partial charge >= 0.3 is 11.9 Å². The van der Waals surface area contributed by atoms with Crippen LogP contribution in [0.1, 0.15) is 33.2 Å². The Labute approximate surface area is 228 Å². The van der Waals surface area contributed by atoms with Crippen LogP contribution in [-0.4, -0.2) is 35.7 Å². The molecule has 0 spiro atoms. The lowest BCUT2D eigenvalue weighted by molar-refractivity contribution is -0.137. The van der Waals surface area contributed by atoms with Crippen molar-refractivity contribution in [3.05, 3.63) is 93.9 Å². The number of imidazole rings is 1. The van der Waals surface area contributed by atoms with Crippen LogP contribution >= 0.6 is 0 Å². The zero-order valence-corrected chi connectivity index (χ0v) is 21.5. The van der Waals surface area contributed by atoms with Crippen molar-refractivity contribution in [2.75, 3.05) is 5.32 Å². The molecule has 0 aliphatic heterocycles. The Kier molecular flexibility index (Phi) is 6.69. The van der Waals surface area contributed by atoms with E-state index in [1.54, 1.807) is 35.8 Å². The number of nitrogens with zero attached hydrogens (tertiary/aromatic N) is 5. The fourth-order valence-electron chi connectivity index (χ4n) is 4.47. The molecule has 14 heteroatoms. The molecule has 0 aliphatic rings. The van der Waals surface area contributed by atoms with E-state index < -0.39 is 46.2 Å². The number of nitrogens with two attached hydrogens (primary N) is 1. The maximum atomic E-state index is 14.8. The number of nitrogens with one attached hydrogen (secondary N) is 1. The summed E-state index contributed by atoms with van der Waals surface area (Å²) in [6, 6.07) is 11.6. The molecule has 210 valence electrons. The van der Waals surface area contributed by atoms with E-state index in [1.165, 1.54) is 24.0 Å². The fourth-order valence-corrected chi connectivity index (χ4v) is 4.47. The number of aryl methyl sites for hydroxylation is 2. The zero-order chi connectivity index (χ0) is 29.6. The van der Waals surface area contributed by atoms with Gasteiger partial charge in [-0.3, -0.25) is 9.59 Å². The van der Waals surface area contributed by atoms with Crippen LogP contribution in [0.2, 0.25) is 0 Å². The van der Waals surface area contributed by atoms with E-state index in [0.717, 1.165) is 22.9 Å². The van der Waals surface area contributed by atoms with Crippen LogP contribution < -0.4 is 16.7 Å². The standard InChI is InChI=1S/C27H21F4N7O3/c1-3-37-22-18(25(40)35-19-6-4-5-17(21(19)28)23(32)39)11-15(27(29,30)31)12-20(22)34-24(37)14-7-9-16(10-8-14)38-13-33-36(2)26(38)41/h4-13H,3H2,1-2H3,(H2,32,39)(H,35,40). The van der Waals surface area contributed by atoms with Gasteiger partial charge in [0.25, 0.3) is 11.8 Å². The van der Waals surface area contributed by atoms with Gasteiger partial charge in [-0.15, -0.1) is 0 Å². The van der Waals surface area contributed by atoms with Crippen molar-refractivity contribution in [2.24, 2.45) is 12.8 Å². The molecule has 2 heterocycles. The molecule has 2 aromatic heterocycles. The topological polar surface area (TPSA) is 130 Å². The Morgan fingerprint density at radius 3 is 2.34 bits per heavy atom. The molecule has 3 aromatic carbocycles. The van der Waals surface area contributed by atoms with Crippen molar-refractivity contribution in [3.8, 4) is 17.1 Å². The van der Waals surface area contributed by atoms with E-state index in [9.17, 15) is 31.9 Å². The van der Waals surface area contributed by atoms with Gasteiger partial charge in [0.15, 0.2) is 5.82 Å². The maximum Gasteiger partial charge on any atom is 0.416 e. The Morgan fingerprint density at radius 2 is 1.76 bits per heavy atom. The molecule has 0 fully saturated rings. The lowest BCUT2D eigenvalue weighted by Gasteiger charge is -2.14. The fraction of sp³-hybridized carbons (Fsp3) is 0.148. The van der Waals surface area contributed by atoms with Crippen LogP contribution in [0.5, 0.6) is 0 Å². The van der Waals surface area contributed by atoms with Crippen LogP contribution in [0.3, 0.4) is 0 Å². The number of amides is 2. The van der Waals surface area contributed by atoms with Crippen LogP contribution in [-0.2, 0) is 19.8 Å². The average Bonchev–Trinajstić information content (AvgIpc) is 3.47. The van der Waals surface area contributed by atoms with Crippen molar-refractivity contribution < 1.29 is 27.2 Å². The van der Waals surface area contributed by atoms with Crippen LogP contribution in [0, 0.1) is 5.82 Å². The van der Waals surface area contributed by atoms with E-state index in [2.05, 4.69) is 15.4 Å². The Balaban J connectivity index is 1.64. The highest BCUT2D eigenvalue weighted by molar-refractivity contribution is 6.12. The first kappa shape index (κ1) is 27.3. The summed E-state index contributed by atoms with van der Waals surface area (Å²) < 4.78 is 60.3. The molecule has 0 saturated heterocycles. The van der Waals surface area contributed by atoms with E-state index in [4.69, 9.17) is 5.73 Å². The molecule has 5 aromatic rings. The summed E-state index contributed by atoms with van der Waals surface area (Å²) in [6.45, 7) is 1.94. The maximum absolute atomic E-state index is 14.8. The van der Waals surface area contributed by atoms with Crippen LogP contribution in [0.15, 0.2) is 65.7 Å². The Hall–Kier alpha value is -5.27. The summed E-state index contributed by atoms with van der Waals surface area (Å²) >= 11 is 0. The van der Waals surface area contributed by atoms with Crippen molar-refractivity contribution in [1.82, 2.24) is 23.9 Å². The van der Waals surface area contributed by atoms with Crippen LogP contribution in [0.4, 0.5) is 23.2 Å². The third-order valence-corrected chi connectivity index (χ3v) is 6.47. The molecule has 2 amide bonds. The van der Waals surface area contributed by atoms with E-state index in [-0.39, 0.29) is 29.1 Å². The molecule has 0 atom stereocenters. The first-order chi connectivity index (χ1) is 19.4. The molecule has 0 bridgehead atoms. The quantitative estimate of drug-likeness (QED) is 0.298. The number of hydrogen-bond acceptors (Lipinski definition) is 5. The minimum atomic E-state index is -4.81. The number of carbonyl (C=O) groups excluding carboxylic acids is 2. The number of aromatic nitrogens is 5. The van der Waals surface area contributed by atoms with Gasteiger partial charge in [0.1, 0.15) is 12.2 Å². The van der Waals surface area contributed by atoms with Gasteiger partial charge in [-0.2, -0.15) is 18.3 Å². The minimum Gasteiger partial charge on any atom is -0.366 e. The van der Waals surface area contributed by atoms with E-state index in [0.29, 0.717) is 17.3 Å². The Morgan fingerprint density at radius 1 is 1.05 bits per heavy atom. The highest BCUT2D eigenvalue weighted by atomic mass is 19.4. The average molecular weight is 568 g/mol. The second-order valence-corrected chi connectivity index (χ2v) is 9.01. The van der Waals surface area contributed by atoms with E-state index in [1.807, 2.05) is 0 Å².